The van der Waals surface area contributed by atoms with Crippen molar-refractivity contribution in [1.82, 2.24) is 9.88 Å². The zero-order valence-electron chi connectivity index (χ0n) is 12.8. The Morgan fingerprint density at radius 3 is 2.96 bits per heavy atom. The number of hydrogen-bond donors (Lipinski definition) is 2. The van der Waals surface area contributed by atoms with E-state index >= 15 is 0 Å². The van der Waals surface area contributed by atoms with Crippen LogP contribution in [0.25, 0.3) is 10.9 Å². The van der Waals surface area contributed by atoms with Gasteiger partial charge in [-0.2, -0.15) is 0 Å². The number of nitrogens with one attached hydrogen (secondary N) is 1. The molecule has 4 nitrogen and oxygen atoms in total. The van der Waals surface area contributed by atoms with Crippen LogP contribution < -0.4 is 5.73 Å². The molecule has 6 heteroatoms. The van der Waals surface area contributed by atoms with E-state index in [2.05, 4.69) is 20.9 Å². The molecule has 1 amide bonds. The van der Waals surface area contributed by atoms with Crippen LogP contribution in [0.15, 0.2) is 28.9 Å². The summed E-state index contributed by atoms with van der Waals surface area (Å²) < 4.78 is 1.04. The molecule has 0 spiro atoms. The molecule has 4 rings (SSSR count). The quantitative estimate of drug-likeness (QED) is 0.816. The molecule has 0 radical (unpaired) electrons. The molecule has 124 valence electrons. The minimum absolute atomic E-state index is 0. The maximum Gasteiger partial charge on any atom is 0.227 e. The van der Waals surface area contributed by atoms with Gasteiger partial charge >= 0.3 is 0 Å². The van der Waals surface area contributed by atoms with E-state index in [4.69, 9.17) is 5.73 Å². The summed E-state index contributed by atoms with van der Waals surface area (Å²) in [6.45, 7) is 1.73. The fourth-order valence-corrected chi connectivity index (χ4v) is 4.75. The van der Waals surface area contributed by atoms with Gasteiger partial charge in [-0.05, 0) is 42.4 Å². The molecule has 3 N–H and O–H groups in total. The van der Waals surface area contributed by atoms with E-state index in [1.165, 1.54) is 6.42 Å². The van der Waals surface area contributed by atoms with Crippen molar-refractivity contribution >= 4 is 45.1 Å². The number of fused-ring (bicyclic) bond motifs is 2. The van der Waals surface area contributed by atoms with E-state index in [0.29, 0.717) is 18.3 Å². The van der Waals surface area contributed by atoms with E-state index in [0.717, 1.165) is 40.4 Å². The number of amides is 1. The predicted molar refractivity (Wildman–Crippen MR) is 97.7 cm³/mol. The van der Waals surface area contributed by atoms with Gasteiger partial charge in [-0.3, -0.25) is 4.79 Å². The number of likely N-dealkylation sites (tertiary alicyclic amines) is 1. The fraction of sp³-hybridized carbons (Fsp3) is 0.471. The third-order valence-electron chi connectivity index (χ3n) is 5.34. The minimum Gasteiger partial charge on any atom is -0.361 e. The van der Waals surface area contributed by atoms with Gasteiger partial charge in [0.05, 0.1) is 6.42 Å². The van der Waals surface area contributed by atoms with Crippen molar-refractivity contribution in [2.75, 3.05) is 13.1 Å². The summed E-state index contributed by atoms with van der Waals surface area (Å²) in [5.74, 6) is 1.35. The first-order chi connectivity index (χ1) is 10.6. The van der Waals surface area contributed by atoms with E-state index < -0.39 is 0 Å². The summed E-state index contributed by atoms with van der Waals surface area (Å²) in [5, 5.41) is 1.12. The lowest BCUT2D eigenvalue weighted by Crippen LogP contribution is -2.34. The highest BCUT2D eigenvalue weighted by atomic mass is 79.9. The Morgan fingerprint density at radius 1 is 1.35 bits per heavy atom. The molecule has 2 aliphatic rings. The second kappa shape index (κ2) is 6.46. The number of nitrogens with two attached hydrogens (primary N) is 1. The lowest BCUT2D eigenvalue weighted by molar-refractivity contribution is -0.129. The number of benzene rings is 1. The molecular weight excluding hydrogens is 378 g/mol. The Hall–Kier alpha value is -1.04. The standard InChI is InChI=1S/C17H20BrN3O.ClH/c18-13-2-1-3-15-17(13)11(7-20-15)6-16(22)21-8-10-4-5-14(19)12(10)9-21;/h1-3,7,10,12,14,20H,4-6,8-9,19H2;1H. The normalized spacial score (nSPS) is 26.3. The number of aromatic nitrogens is 1. The van der Waals surface area contributed by atoms with Gasteiger partial charge in [0.2, 0.25) is 5.91 Å². The highest BCUT2D eigenvalue weighted by Gasteiger charge is 2.42. The average molecular weight is 399 g/mol. The van der Waals surface area contributed by atoms with E-state index in [-0.39, 0.29) is 24.4 Å². The summed E-state index contributed by atoms with van der Waals surface area (Å²) >= 11 is 3.59. The van der Waals surface area contributed by atoms with Crippen molar-refractivity contribution in [3.05, 3.63) is 34.4 Å². The molecule has 1 aromatic heterocycles. The fourth-order valence-electron chi connectivity index (χ4n) is 4.13. The monoisotopic (exact) mass is 397 g/mol. The van der Waals surface area contributed by atoms with Gasteiger partial charge in [-0.15, -0.1) is 12.4 Å². The zero-order chi connectivity index (χ0) is 15.3. The molecule has 2 heterocycles. The Kier molecular flexibility index (Phi) is 4.72. The molecule has 1 aliphatic carbocycles. The molecule has 1 aliphatic heterocycles. The van der Waals surface area contributed by atoms with Gasteiger partial charge in [-0.25, -0.2) is 0 Å². The van der Waals surface area contributed by atoms with Gasteiger partial charge in [0.1, 0.15) is 0 Å². The van der Waals surface area contributed by atoms with Gasteiger partial charge in [0.25, 0.3) is 0 Å². The van der Waals surface area contributed by atoms with Gasteiger partial charge < -0.3 is 15.6 Å². The molecule has 1 saturated carbocycles. The number of nitrogens with zero attached hydrogens (tertiary/aromatic N) is 1. The Balaban J connectivity index is 0.00000156. The molecule has 2 fully saturated rings. The van der Waals surface area contributed by atoms with Crippen LogP contribution in [0.1, 0.15) is 18.4 Å². The molecule has 0 bridgehead atoms. The first-order valence-corrected chi connectivity index (χ1v) is 8.70. The summed E-state index contributed by atoms with van der Waals surface area (Å²) in [7, 11) is 0. The Bertz CT molecular complexity index is 732. The Labute approximate surface area is 150 Å². The largest absolute Gasteiger partial charge is 0.361 e. The van der Waals surface area contributed by atoms with Crippen LogP contribution in [0.3, 0.4) is 0 Å². The SMILES string of the molecule is Cl.NC1CCC2CN(C(=O)Cc3c[nH]c4cccc(Br)c34)CC12. The molecule has 3 atom stereocenters. The number of halogens is 2. The van der Waals surface area contributed by atoms with Crippen molar-refractivity contribution in [2.45, 2.75) is 25.3 Å². The van der Waals surface area contributed by atoms with Crippen LogP contribution in [-0.2, 0) is 11.2 Å². The second-order valence-electron chi connectivity index (χ2n) is 6.62. The van der Waals surface area contributed by atoms with Crippen LogP contribution in [0.2, 0.25) is 0 Å². The first-order valence-electron chi connectivity index (χ1n) is 7.91. The summed E-state index contributed by atoms with van der Waals surface area (Å²) in [4.78, 5) is 17.9. The molecule has 1 saturated heterocycles. The molecule has 2 aromatic rings. The molecule has 1 aromatic carbocycles. The maximum absolute atomic E-state index is 12.7. The summed E-state index contributed by atoms with van der Waals surface area (Å²) in [5.41, 5.74) is 8.29. The first kappa shape index (κ1) is 16.8. The van der Waals surface area contributed by atoms with Crippen LogP contribution >= 0.6 is 28.3 Å². The van der Waals surface area contributed by atoms with Gasteiger partial charge in [0, 0.05) is 40.7 Å². The summed E-state index contributed by atoms with van der Waals surface area (Å²) in [6, 6.07) is 6.33. The smallest absolute Gasteiger partial charge is 0.227 e. The number of carbonyl (C=O) groups excluding carboxylic acids is 1. The average Bonchev–Trinajstić information content (AvgIpc) is 3.16. The van der Waals surface area contributed by atoms with Crippen LogP contribution in [0.5, 0.6) is 0 Å². The van der Waals surface area contributed by atoms with Crippen molar-refractivity contribution in [3.63, 3.8) is 0 Å². The Morgan fingerprint density at radius 2 is 2.17 bits per heavy atom. The number of H-pyrrole nitrogens is 1. The van der Waals surface area contributed by atoms with Crippen LogP contribution in [0, 0.1) is 11.8 Å². The van der Waals surface area contributed by atoms with Crippen molar-refractivity contribution in [3.8, 4) is 0 Å². The third kappa shape index (κ3) is 2.90. The number of hydrogen-bond acceptors (Lipinski definition) is 2. The molecule has 23 heavy (non-hydrogen) atoms. The number of rotatable bonds is 2. The molecule has 3 unspecified atom stereocenters. The highest BCUT2D eigenvalue weighted by molar-refractivity contribution is 9.10. The van der Waals surface area contributed by atoms with Crippen LogP contribution in [0.4, 0.5) is 0 Å². The van der Waals surface area contributed by atoms with Gasteiger partial charge in [0.15, 0.2) is 0 Å². The second-order valence-corrected chi connectivity index (χ2v) is 7.47. The van der Waals surface area contributed by atoms with Crippen LogP contribution in [-0.4, -0.2) is 34.9 Å². The lowest BCUT2D eigenvalue weighted by Gasteiger charge is -2.18. The van der Waals surface area contributed by atoms with Crippen molar-refractivity contribution < 1.29 is 4.79 Å². The number of aromatic amines is 1. The zero-order valence-corrected chi connectivity index (χ0v) is 15.2. The molecular formula is C17H21BrClN3O. The lowest BCUT2D eigenvalue weighted by atomic mass is 9.98. The highest BCUT2D eigenvalue weighted by Crippen LogP contribution is 2.37. The number of carbonyl (C=O) groups is 1. The van der Waals surface area contributed by atoms with Crippen molar-refractivity contribution in [2.24, 2.45) is 17.6 Å². The predicted octanol–water partition coefficient (Wildman–Crippen LogP) is 3.09. The van der Waals surface area contributed by atoms with E-state index in [1.54, 1.807) is 0 Å². The maximum atomic E-state index is 12.7. The van der Waals surface area contributed by atoms with Gasteiger partial charge in [-0.1, -0.05) is 22.0 Å². The third-order valence-corrected chi connectivity index (χ3v) is 6.00. The topological polar surface area (TPSA) is 62.1 Å². The van der Waals surface area contributed by atoms with Crippen molar-refractivity contribution in [1.29, 1.82) is 0 Å². The summed E-state index contributed by atoms with van der Waals surface area (Å²) in [6.07, 6.45) is 4.70. The van der Waals surface area contributed by atoms with E-state index in [9.17, 15) is 4.79 Å². The minimum atomic E-state index is 0. The van der Waals surface area contributed by atoms with E-state index in [1.807, 2.05) is 29.3 Å².